The van der Waals surface area contributed by atoms with Crippen LogP contribution in [0.3, 0.4) is 0 Å². The van der Waals surface area contributed by atoms with Gasteiger partial charge in [-0.2, -0.15) is 0 Å². The van der Waals surface area contributed by atoms with Gasteiger partial charge in [0.25, 0.3) is 5.91 Å². The molecule has 2 aromatic rings. The molecule has 7 heteroatoms. The molecule has 0 bridgehead atoms. The van der Waals surface area contributed by atoms with Gasteiger partial charge in [0.1, 0.15) is 17.8 Å². The van der Waals surface area contributed by atoms with E-state index in [0.717, 1.165) is 25.9 Å². The maximum absolute atomic E-state index is 12.8. The van der Waals surface area contributed by atoms with Crippen molar-refractivity contribution in [1.82, 2.24) is 9.88 Å². The highest BCUT2D eigenvalue weighted by Crippen LogP contribution is 2.16. The highest BCUT2D eigenvalue weighted by atomic mass is 19.1. The van der Waals surface area contributed by atoms with Gasteiger partial charge in [-0.3, -0.25) is 4.79 Å². The summed E-state index contributed by atoms with van der Waals surface area (Å²) in [4.78, 5) is 18.2. The first-order valence-electron chi connectivity index (χ1n) is 8.31. The Morgan fingerprint density at radius 1 is 1.36 bits per heavy atom. The molecule has 6 nitrogen and oxygen atoms in total. The molecule has 1 aromatic carbocycles. The second-order valence-corrected chi connectivity index (χ2v) is 6.04. The summed E-state index contributed by atoms with van der Waals surface area (Å²) in [5, 5.41) is 0. The molecule has 1 amide bonds. The van der Waals surface area contributed by atoms with Crippen LogP contribution in [0.4, 0.5) is 4.39 Å². The van der Waals surface area contributed by atoms with Gasteiger partial charge in [-0.1, -0.05) is 0 Å². The molecular formula is C18H21FN2O4. The van der Waals surface area contributed by atoms with E-state index < -0.39 is 0 Å². The van der Waals surface area contributed by atoms with Crippen LogP contribution in [0.1, 0.15) is 35.6 Å². The van der Waals surface area contributed by atoms with E-state index in [1.165, 1.54) is 30.5 Å². The number of halogens is 1. The Kier molecular flexibility index (Phi) is 5.65. The van der Waals surface area contributed by atoms with Crippen molar-refractivity contribution < 1.29 is 23.1 Å². The van der Waals surface area contributed by atoms with Gasteiger partial charge in [-0.15, -0.1) is 0 Å². The zero-order valence-electron chi connectivity index (χ0n) is 14.1. The van der Waals surface area contributed by atoms with Gasteiger partial charge in [-0.25, -0.2) is 9.37 Å². The molecule has 0 radical (unpaired) electrons. The van der Waals surface area contributed by atoms with Crippen molar-refractivity contribution in [3.63, 3.8) is 0 Å². The van der Waals surface area contributed by atoms with Gasteiger partial charge in [0.05, 0.1) is 6.10 Å². The number of aromatic nitrogens is 1. The molecule has 0 aliphatic carbocycles. The van der Waals surface area contributed by atoms with E-state index in [4.69, 9.17) is 13.9 Å². The number of hydrogen-bond acceptors (Lipinski definition) is 5. The van der Waals surface area contributed by atoms with Crippen LogP contribution < -0.4 is 4.74 Å². The predicted molar refractivity (Wildman–Crippen MR) is 87.8 cm³/mol. The molecule has 0 saturated carbocycles. The summed E-state index contributed by atoms with van der Waals surface area (Å²) in [6, 6.07) is 5.65. The SMILES string of the molecule is CN(C[C@@H]1CCCCO1)C(=O)c1coc(COc2ccc(F)cc2)n1. The third kappa shape index (κ3) is 4.79. The van der Waals surface area contributed by atoms with Crippen LogP contribution in [0.2, 0.25) is 0 Å². The zero-order chi connectivity index (χ0) is 17.6. The minimum Gasteiger partial charge on any atom is -0.484 e. The Morgan fingerprint density at radius 3 is 2.88 bits per heavy atom. The number of likely N-dealkylation sites (N-methyl/N-ethyl adjacent to an activating group) is 1. The largest absolute Gasteiger partial charge is 0.484 e. The maximum atomic E-state index is 12.8. The van der Waals surface area contributed by atoms with Gasteiger partial charge in [0.15, 0.2) is 12.3 Å². The molecule has 1 aliphatic heterocycles. The lowest BCUT2D eigenvalue weighted by molar-refractivity contribution is -0.000293. The number of rotatable bonds is 6. The third-order valence-electron chi connectivity index (χ3n) is 4.04. The fourth-order valence-electron chi connectivity index (χ4n) is 2.69. The Balaban J connectivity index is 1.52. The van der Waals surface area contributed by atoms with E-state index in [-0.39, 0.29) is 36.0 Å². The van der Waals surface area contributed by atoms with Gasteiger partial charge in [-0.05, 0) is 43.5 Å². The van der Waals surface area contributed by atoms with E-state index >= 15 is 0 Å². The summed E-state index contributed by atoms with van der Waals surface area (Å²) in [6.07, 6.45) is 4.57. The standard InChI is InChI=1S/C18H21FN2O4/c1-21(10-15-4-2-3-9-23-15)18(22)16-11-25-17(20-16)12-24-14-7-5-13(19)6-8-14/h5-8,11,15H,2-4,9-10,12H2,1H3/t15-/m0/s1. The van der Waals surface area contributed by atoms with Gasteiger partial charge in [0.2, 0.25) is 5.89 Å². The normalized spacial score (nSPS) is 17.3. The van der Waals surface area contributed by atoms with E-state index in [9.17, 15) is 9.18 Å². The Labute approximate surface area is 145 Å². The first-order valence-corrected chi connectivity index (χ1v) is 8.31. The average Bonchev–Trinajstić information content (AvgIpc) is 3.10. The molecule has 2 heterocycles. The lowest BCUT2D eigenvalue weighted by atomic mass is 10.1. The minimum absolute atomic E-state index is 0.0639. The molecule has 1 aliphatic rings. The van der Waals surface area contributed by atoms with Crippen molar-refractivity contribution in [3.8, 4) is 5.75 Å². The maximum Gasteiger partial charge on any atom is 0.275 e. The number of amides is 1. The van der Waals surface area contributed by atoms with E-state index in [1.54, 1.807) is 11.9 Å². The molecule has 0 unspecified atom stereocenters. The second-order valence-electron chi connectivity index (χ2n) is 6.04. The number of carbonyl (C=O) groups excluding carboxylic acids is 1. The first-order chi connectivity index (χ1) is 12.1. The lowest BCUT2D eigenvalue weighted by Crippen LogP contribution is -2.37. The number of ether oxygens (including phenoxy) is 2. The molecule has 25 heavy (non-hydrogen) atoms. The van der Waals surface area contributed by atoms with Crippen molar-refractivity contribution in [2.75, 3.05) is 20.2 Å². The van der Waals surface area contributed by atoms with Crippen molar-refractivity contribution in [2.45, 2.75) is 32.0 Å². The quantitative estimate of drug-likeness (QED) is 0.803. The zero-order valence-corrected chi connectivity index (χ0v) is 14.1. The smallest absolute Gasteiger partial charge is 0.275 e. The Hall–Kier alpha value is -2.41. The predicted octanol–water partition coefficient (Wildman–Crippen LogP) is 3.03. The van der Waals surface area contributed by atoms with Crippen molar-refractivity contribution in [1.29, 1.82) is 0 Å². The molecule has 0 spiro atoms. The molecular weight excluding hydrogens is 327 g/mol. The van der Waals surface area contributed by atoms with E-state index in [2.05, 4.69) is 4.98 Å². The average molecular weight is 348 g/mol. The summed E-state index contributed by atoms with van der Waals surface area (Å²) >= 11 is 0. The summed E-state index contributed by atoms with van der Waals surface area (Å²) in [5.41, 5.74) is 0.232. The fourth-order valence-corrected chi connectivity index (χ4v) is 2.69. The highest BCUT2D eigenvalue weighted by molar-refractivity contribution is 5.91. The number of oxazole rings is 1. The van der Waals surface area contributed by atoms with Crippen molar-refractivity contribution >= 4 is 5.91 Å². The molecule has 0 N–H and O–H groups in total. The van der Waals surface area contributed by atoms with E-state index in [0.29, 0.717) is 12.3 Å². The minimum atomic E-state index is -0.332. The van der Waals surface area contributed by atoms with Crippen molar-refractivity contribution in [3.05, 3.63) is 47.9 Å². The van der Waals surface area contributed by atoms with Crippen LogP contribution in [-0.4, -0.2) is 42.1 Å². The Morgan fingerprint density at radius 2 is 2.16 bits per heavy atom. The van der Waals surface area contributed by atoms with Crippen LogP contribution in [0.25, 0.3) is 0 Å². The molecule has 3 rings (SSSR count). The third-order valence-corrected chi connectivity index (χ3v) is 4.04. The van der Waals surface area contributed by atoms with Crippen LogP contribution in [0, 0.1) is 5.82 Å². The summed E-state index contributed by atoms with van der Waals surface area (Å²) in [5.74, 6) is 0.237. The number of benzene rings is 1. The van der Waals surface area contributed by atoms with Gasteiger partial charge in [0, 0.05) is 20.2 Å². The molecule has 1 aromatic heterocycles. The monoisotopic (exact) mass is 348 g/mol. The topological polar surface area (TPSA) is 64.8 Å². The number of carbonyl (C=O) groups is 1. The van der Waals surface area contributed by atoms with Crippen LogP contribution in [0.5, 0.6) is 5.75 Å². The second kappa shape index (κ2) is 8.11. The molecule has 1 fully saturated rings. The van der Waals surface area contributed by atoms with Crippen LogP contribution in [-0.2, 0) is 11.3 Å². The number of nitrogens with zero attached hydrogens (tertiary/aromatic N) is 2. The van der Waals surface area contributed by atoms with E-state index in [1.807, 2.05) is 0 Å². The summed E-state index contributed by atoms with van der Waals surface area (Å²) in [6.45, 7) is 1.35. The Bertz CT molecular complexity index is 695. The van der Waals surface area contributed by atoms with Gasteiger partial charge >= 0.3 is 0 Å². The van der Waals surface area contributed by atoms with Crippen LogP contribution >= 0.6 is 0 Å². The summed E-state index contributed by atoms with van der Waals surface area (Å²) < 4.78 is 29.2. The van der Waals surface area contributed by atoms with Crippen molar-refractivity contribution in [2.24, 2.45) is 0 Å². The van der Waals surface area contributed by atoms with Crippen LogP contribution in [0.15, 0.2) is 34.9 Å². The number of hydrogen-bond donors (Lipinski definition) is 0. The molecule has 1 atom stereocenters. The van der Waals surface area contributed by atoms with Gasteiger partial charge < -0.3 is 18.8 Å². The summed E-state index contributed by atoms with van der Waals surface area (Å²) in [7, 11) is 1.73. The lowest BCUT2D eigenvalue weighted by Gasteiger charge is -2.26. The molecule has 134 valence electrons. The first kappa shape index (κ1) is 17.4. The highest BCUT2D eigenvalue weighted by Gasteiger charge is 2.22. The fraction of sp³-hybridized carbons (Fsp3) is 0.444. The molecule has 1 saturated heterocycles.